The fourth-order valence-electron chi connectivity index (χ4n) is 4.75. The minimum Gasteiger partial charge on any atom is -0.438 e. The summed E-state index contributed by atoms with van der Waals surface area (Å²) >= 11 is 0. The molecule has 1 saturated heterocycles. The number of furan rings is 1. The lowest BCUT2D eigenvalue weighted by atomic mass is 9.84. The van der Waals surface area contributed by atoms with Crippen LogP contribution in [0.3, 0.4) is 0 Å². The first-order chi connectivity index (χ1) is 13.5. The molecule has 1 aromatic heterocycles. The van der Waals surface area contributed by atoms with Gasteiger partial charge in [-0.1, -0.05) is 19.8 Å². The lowest BCUT2D eigenvalue weighted by molar-refractivity contribution is 0.0549. The Kier molecular flexibility index (Phi) is 5.83. The normalized spacial score (nSPS) is 26.9. The molecule has 4 rings (SSSR count). The summed E-state index contributed by atoms with van der Waals surface area (Å²) in [6.07, 6.45) is 10.5. The number of nitrogens with zero attached hydrogens (tertiary/aromatic N) is 2. The fraction of sp³-hybridized carbons (Fsp3) is 0.762. The van der Waals surface area contributed by atoms with Crippen LogP contribution in [0.25, 0.3) is 0 Å². The summed E-state index contributed by atoms with van der Waals surface area (Å²) in [7, 11) is -3.64. The maximum atomic E-state index is 13.2. The molecule has 1 amide bonds. The van der Waals surface area contributed by atoms with Crippen molar-refractivity contribution in [3.8, 4) is 0 Å². The maximum absolute atomic E-state index is 13.2. The molecule has 1 aromatic rings. The van der Waals surface area contributed by atoms with Gasteiger partial charge in [-0.25, -0.2) is 8.42 Å². The molecule has 2 aliphatic carbocycles. The molecule has 6 nitrogen and oxygen atoms in total. The highest BCUT2D eigenvalue weighted by molar-refractivity contribution is 7.89. The quantitative estimate of drug-likeness (QED) is 0.713. The van der Waals surface area contributed by atoms with Crippen molar-refractivity contribution in [2.45, 2.75) is 88.3 Å². The summed E-state index contributed by atoms with van der Waals surface area (Å²) in [4.78, 5) is 15.2. The Labute approximate surface area is 168 Å². The highest BCUT2D eigenvalue weighted by Crippen LogP contribution is 2.37. The molecule has 3 fully saturated rings. The Balaban J connectivity index is 1.49. The van der Waals surface area contributed by atoms with Crippen LogP contribution >= 0.6 is 0 Å². The third-order valence-electron chi connectivity index (χ3n) is 6.66. The van der Waals surface area contributed by atoms with Gasteiger partial charge in [0.1, 0.15) is 0 Å². The largest absolute Gasteiger partial charge is 0.438 e. The Morgan fingerprint density at radius 1 is 1.04 bits per heavy atom. The van der Waals surface area contributed by atoms with Crippen molar-refractivity contribution in [1.82, 2.24) is 9.21 Å². The molecule has 0 spiro atoms. The SMILES string of the molecule is CCC1CCC(N(C(=O)c2ccc(S(=O)(=O)N3CCCCC3)o2)C2CC2)CC1. The van der Waals surface area contributed by atoms with E-state index in [1.807, 2.05) is 4.90 Å². The van der Waals surface area contributed by atoms with Crippen LogP contribution in [0.15, 0.2) is 21.6 Å². The van der Waals surface area contributed by atoms with Crippen molar-refractivity contribution in [2.75, 3.05) is 13.1 Å². The van der Waals surface area contributed by atoms with E-state index in [-0.39, 0.29) is 22.8 Å². The highest BCUT2D eigenvalue weighted by Gasteiger charge is 2.40. The van der Waals surface area contributed by atoms with Gasteiger partial charge in [-0.2, -0.15) is 4.31 Å². The number of carbonyl (C=O) groups is 1. The lowest BCUT2D eigenvalue weighted by Crippen LogP contribution is -2.43. The lowest BCUT2D eigenvalue weighted by Gasteiger charge is -2.36. The second-order valence-corrected chi connectivity index (χ2v) is 10.5. The van der Waals surface area contributed by atoms with Crippen LogP contribution in [0, 0.1) is 5.92 Å². The first kappa shape index (κ1) is 20.0. The van der Waals surface area contributed by atoms with Crippen molar-refractivity contribution in [3.05, 3.63) is 17.9 Å². The van der Waals surface area contributed by atoms with Crippen LogP contribution in [0.5, 0.6) is 0 Å². The van der Waals surface area contributed by atoms with Crippen LogP contribution in [0.4, 0.5) is 0 Å². The summed E-state index contributed by atoms with van der Waals surface area (Å²) in [5.41, 5.74) is 0. The van der Waals surface area contributed by atoms with Crippen molar-refractivity contribution in [2.24, 2.45) is 5.92 Å². The van der Waals surface area contributed by atoms with E-state index in [1.54, 1.807) is 6.07 Å². The monoisotopic (exact) mass is 408 g/mol. The number of rotatable bonds is 6. The zero-order chi connectivity index (χ0) is 19.7. The van der Waals surface area contributed by atoms with E-state index >= 15 is 0 Å². The minimum atomic E-state index is -3.64. The van der Waals surface area contributed by atoms with Gasteiger partial charge in [0.15, 0.2) is 5.76 Å². The van der Waals surface area contributed by atoms with Gasteiger partial charge in [0, 0.05) is 25.2 Å². The van der Waals surface area contributed by atoms with E-state index in [4.69, 9.17) is 4.42 Å². The number of hydrogen-bond acceptors (Lipinski definition) is 4. The molecular weight excluding hydrogens is 376 g/mol. The molecule has 0 atom stereocenters. The van der Waals surface area contributed by atoms with Crippen molar-refractivity contribution in [3.63, 3.8) is 0 Å². The molecule has 3 aliphatic rings. The second-order valence-electron chi connectivity index (χ2n) is 8.61. The number of piperidine rings is 1. The first-order valence-corrected chi connectivity index (χ1v) is 12.4. The van der Waals surface area contributed by atoms with Gasteiger partial charge in [-0.05, 0) is 69.4 Å². The van der Waals surface area contributed by atoms with E-state index in [0.29, 0.717) is 19.1 Å². The second kappa shape index (κ2) is 8.19. The highest BCUT2D eigenvalue weighted by atomic mass is 32.2. The van der Waals surface area contributed by atoms with Crippen molar-refractivity contribution < 1.29 is 17.6 Å². The number of sulfonamides is 1. The van der Waals surface area contributed by atoms with Crippen LogP contribution in [-0.2, 0) is 10.0 Å². The van der Waals surface area contributed by atoms with E-state index in [2.05, 4.69) is 6.92 Å². The molecule has 2 saturated carbocycles. The zero-order valence-electron chi connectivity index (χ0n) is 16.8. The Morgan fingerprint density at radius 2 is 1.64 bits per heavy atom. The van der Waals surface area contributed by atoms with Gasteiger partial charge < -0.3 is 9.32 Å². The molecule has 28 heavy (non-hydrogen) atoms. The summed E-state index contributed by atoms with van der Waals surface area (Å²) in [5, 5.41) is -0.0943. The summed E-state index contributed by atoms with van der Waals surface area (Å²) < 4.78 is 32.7. The Hall–Kier alpha value is -1.34. The van der Waals surface area contributed by atoms with E-state index < -0.39 is 10.0 Å². The maximum Gasteiger partial charge on any atom is 0.290 e. The number of hydrogen-bond donors (Lipinski definition) is 0. The topological polar surface area (TPSA) is 70.8 Å². The summed E-state index contributed by atoms with van der Waals surface area (Å²) in [5.74, 6) is 0.806. The van der Waals surface area contributed by atoms with Crippen LogP contribution < -0.4 is 0 Å². The molecule has 7 heteroatoms. The predicted octanol–water partition coefficient (Wildman–Crippen LogP) is 4.03. The first-order valence-electron chi connectivity index (χ1n) is 10.9. The van der Waals surface area contributed by atoms with Crippen LogP contribution in [-0.4, -0.2) is 48.7 Å². The smallest absolute Gasteiger partial charge is 0.290 e. The molecule has 0 unspecified atom stereocenters. The average molecular weight is 409 g/mol. The van der Waals surface area contributed by atoms with Gasteiger partial charge in [0.05, 0.1) is 0 Å². The summed E-state index contributed by atoms with van der Waals surface area (Å²) in [6, 6.07) is 3.56. The van der Waals surface area contributed by atoms with Gasteiger partial charge >= 0.3 is 0 Å². The Bertz CT molecular complexity index is 785. The summed E-state index contributed by atoms with van der Waals surface area (Å²) in [6.45, 7) is 3.30. The molecule has 156 valence electrons. The van der Waals surface area contributed by atoms with Crippen LogP contribution in [0.2, 0.25) is 0 Å². The average Bonchev–Trinajstić information content (AvgIpc) is 3.42. The fourth-order valence-corrected chi connectivity index (χ4v) is 6.18. The van der Waals surface area contributed by atoms with Gasteiger partial charge in [-0.3, -0.25) is 4.79 Å². The van der Waals surface area contributed by atoms with E-state index in [0.717, 1.165) is 50.9 Å². The Morgan fingerprint density at radius 3 is 2.21 bits per heavy atom. The van der Waals surface area contributed by atoms with Gasteiger partial charge in [0.2, 0.25) is 5.09 Å². The molecule has 2 heterocycles. The van der Waals surface area contributed by atoms with E-state index in [1.165, 1.54) is 29.6 Å². The molecule has 0 N–H and O–H groups in total. The third-order valence-corrected chi connectivity index (χ3v) is 8.44. The molecule has 0 aromatic carbocycles. The van der Waals surface area contributed by atoms with Crippen molar-refractivity contribution >= 4 is 15.9 Å². The number of carbonyl (C=O) groups excluding carboxylic acids is 1. The molecular formula is C21H32N2O4S. The zero-order valence-corrected chi connectivity index (χ0v) is 17.6. The standard InChI is InChI=1S/C21H32N2O4S/c1-2-16-6-8-17(9-7-16)23(18-10-11-18)21(24)19-12-13-20(27-19)28(25,26)22-14-4-3-5-15-22/h12-13,16-18H,2-11,14-15H2,1H3. The van der Waals surface area contributed by atoms with Crippen LogP contribution in [0.1, 0.15) is 81.7 Å². The molecule has 0 bridgehead atoms. The predicted molar refractivity (Wildman–Crippen MR) is 107 cm³/mol. The number of amides is 1. The van der Waals surface area contributed by atoms with Crippen molar-refractivity contribution in [1.29, 1.82) is 0 Å². The minimum absolute atomic E-state index is 0.0943. The molecule has 0 radical (unpaired) electrons. The van der Waals surface area contributed by atoms with E-state index in [9.17, 15) is 13.2 Å². The third kappa shape index (κ3) is 4.01. The molecule has 1 aliphatic heterocycles. The van der Waals surface area contributed by atoms with Gasteiger partial charge in [0.25, 0.3) is 15.9 Å². The van der Waals surface area contributed by atoms with Gasteiger partial charge in [-0.15, -0.1) is 0 Å².